The van der Waals surface area contributed by atoms with Gasteiger partial charge in [-0.05, 0) is 33.3 Å². The molecule has 0 spiro atoms. The van der Waals surface area contributed by atoms with E-state index in [1.165, 1.54) is 0 Å². The molecular weight excluding hydrogens is 246 g/mol. The predicted molar refractivity (Wildman–Crippen MR) is 68.9 cm³/mol. The highest BCUT2D eigenvalue weighted by Gasteiger charge is 2.42. The van der Waals surface area contributed by atoms with Crippen LogP contribution in [0, 0.1) is 12.3 Å². The average molecular weight is 265 g/mol. The van der Waals surface area contributed by atoms with Gasteiger partial charge in [-0.15, -0.1) is 0 Å². The van der Waals surface area contributed by atoms with Crippen molar-refractivity contribution in [3.63, 3.8) is 0 Å². The molecular formula is C13H19N3O3. The summed E-state index contributed by atoms with van der Waals surface area (Å²) in [7, 11) is 0. The lowest BCUT2D eigenvalue weighted by molar-refractivity contribution is -0.147. The highest BCUT2D eigenvalue weighted by Crippen LogP contribution is 2.31. The lowest BCUT2D eigenvalue weighted by Crippen LogP contribution is -2.35. The van der Waals surface area contributed by atoms with Gasteiger partial charge in [0, 0.05) is 19.6 Å². The lowest BCUT2D eigenvalue weighted by atomic mass is 9.90. The van der Waals surface area contributed by atoms with E-state index in [2.05, 4.69) is 5.10 Å². The van der Waals surface area contributed by atoms with Crippen LogP contribution in [0.4, 0.5) is 0 Å². The zero-order valence-corrected chi connectivity index (χ0v) is 11.5. The van der Waals surface area contributed by atoms with Crippen molar-refractivity contribution in [1.29, 1.82) is 0 Å². The van der Waals surface area contributed by atoms with Crippen LogP contribution in [0.15, 0.2) is 6.07 Å². The van der Waals surface area contributed by atoms with E-state index in [-0.39, 0.29) is 12.5 Å². The van der Waals surface area contributed by atoms with E-state index in [9.17, 15) is 14.7 Å². The monoisotopic (exact) mass is 265 g/mol. The Morgan fingerprint density at radius 3 is 2.74 bits per heavy atom. The average Bonchev–Trinajstić information content (AvgIpc) is 2.93. The van der Waals surface area contributed by atoms with E-state index in [0.717, 1.165) is 5.69 Å². The molecule has 1 atom stereocenters. The van der Waals surface area contributed by atoms with Crippen LogP contribution in [0.25, 0.3) is 0 Å². The summed E-state index contributed by atoms with van der Waals surface area (Å²) in [5.41, 5.74) is 0.502. The number of nitrogens with zero attached hydrogens (tertiary/aromatic N) is 3. The smallest absolute Gasteiger partial charge is 0.311 e. The van der Waals surface area contributed by atoms with Crippen molar-refractivity contribution in [3.05, 3.63) is 17.5 Å². The van der Waals surface area contributed by atoms with Gasteiger partial charge in [-0.1, -0.05) is 0 Å². The molecule has 0 radical (unpaired) electrons. The largest absolute Gasteiger partial charge is 0.481 e. The zero-order valence-electron chi connectivity index (χ0n) is 11.5. The third kappa shape index (κ3) is 2.34. The lowest BCUT2D eigenvalue weighted by Gasteiger charge is -2.20. The fraction of sp³-hybridized carbons (Fsp3) is 0.615. The quantitative estimate of drug-likeness (QED) is 0.889. The second-order valence-electron chi connectivity index (χ2n) is 5.33. The summed E-state index contributed by atoms with van der Waals surface area (Å²) >= 11 is 0. The first-order valence-electron chi connectivity index (χ1n) is 6.44. The van der Waals surface area contributed by atoms with Crippen molar-refractivity contribution in [2.45, 2.75) is 33.7 Å². The first-order chi connectivity index (χ1) is 8.87. The second kappa shape index (κ2) is 4.68. The topological polar surface area (TPSA) is 75.4 Å². The van der Waals surface area contributed by atoms with Gasteiger partial charge < -0.3 is 10.0 Å². The van der Waals surface area contributed by atoms with Gasteiger partial charge in [0.1, 0.15) is 5.69 Å². The number of carboxylic acids is 1. The van der Waals surface area contributed by atoms with Crippen LogP contribution < -0.4 is 0 Å². The number of carboxylic acid groups (broad SMARTS) is 1. The van der Waals surface area contributed by atoms with Crippen LogP contribution in [0.2, 0.25) is 0 Å². The van der Waals surface area contributed by atoms with Gasteiger partial charge in [-0.2, -0.15) is 5.10 Å². The minimum atomic E-state index is -0.844. The van der Waals surface area contributed by atoms with E-state index in [4.69, 9.17) is 0 Å². The van der Waals surface area contributed by atoms with Gasteiger partial charge in [0.05, 0.1) is 11.1 Å². The van der Waals surface area contributed by atoms with Gasteiger partial charge in [0.2, 0.25) is 0 Å². The molecule has 1 amide bonds. The molecule has 2 heterocycles. The number of hydrogen-bond donors (Lipinski definition) is 1. The summed E-state index contributed by atoms with van der Waals surface area (Å²) < 4.78 is 1.66. The van der Waals surface area contributed by atoms with Crippen molar-refractivity contribution in [3.8, 4) is 0 Å². The number of rotatable bonds is 3. The van der Waals surface area contributed by atoms with Gasteiger partial charge in [-0.25, -0.2) is 0 Å². The first-order valence-corrected chi connectivity index (χ1v) is 6.44. The van der Waals surface area contributed by atoms with Crippen molar-refractivity contribution < 1.29 is 14.7 Å². The summed E-state index contributed by atoms with van der Waals surface area (Å²) in [5, 5.41) is 13.4. The maximum atomic E-state index is 12.4. The first kappa shape index (κ1) is 13.6. The third-order valence-corrected chi connectivity index (χ3v) is 3.70. The number of likely N-dealkylation sites (tertiary alicyclic amines) is 1. The summed E-state index contributed by atoms with van der Waals surface area (Å²) in [6.45, 7) is 6.82. The van der Waals surface area contributed by atoms with Gasteiger partial charge in [0.25, 0.3) is 5.91 Å². The summed E-state index contributed by atoms with van der Waals surface area (Å²) in [6, 6.07) is 1.75. The molecule has 1 N–H and O–H groups in total. The Bertz CT molecular complexity index is 523. The molecule has 1 aliphatic rings. The Kier molecular flexibility index (Phi) is 3.34. The molecule has 6 heteroatoms. The van der Waals surface area contributed by atoms with Gasteiger partial charge in [0.15, 0.2) is 0 Å². The number of aliphatic carboxylic acids is 1. The maximum Gasteiger partial charge on any atom is 0.311 e. The molecule has 1 aromatic rings. The van der Waals surface area contributed by atoms with E-state index in [1.807, 2.05) is 13.8 Å². The van der Waals surface area contributed by atoms with Crippen LogP contribution in [0.3, 0.4) is 0 Å². The number of aromatic nitrogens is 2. The standard InChI is InChI=1S/C13H19N3O3/c1-4-16-10(7-9(2)14-16)11(17)15-6-5-13(3,8-15)12(18)19/h7H,4-6,8H2,1-3H3,(H,18,19). The van der Waals surface area contributed by atoms with Crippen LogP contribution >= 0.6 is 0 Å². The molecule has 1 fully saturated rings. The minimum Gasteiger partial charge on any atom is -0.481 e. The summed E-state index contributed by atoms with van der Waals surface area (Å²) in [4.78, 5) is 25.2. The highest BCUT2D eigenvalue weighted by molar-refractivity contribution is 5.93. The van der Waals surface area contributed by atoms with E-state index < -0.39 is 11.4 Å². The Labute approximate surface area is 112 Å². The molecule has 19 heavy (non-hydrogen) atoms. The van der Waals surface area contributed by atoms with Gasteiger partial charge >= 0.3 is 5.97 Å². The predicted octanol–water partition coefficient (Wildman–Crippen LogP) is 1.15. The van der Waals surface area contributed by atoms with Crippen molar-refractivity contribution in [1.82, 2.24) is 14.7 Å². The maximum absolute atomic E-state index is 12.4. The van der Waals surface area contributed by atoms with Crippen LogP contribution in [-0.2, 0) is 11.3 Å². The summed E-state index contributed by atoms with van der Waals surface area (Å²) in [5.74, 6) is -0.976. The molecule has 1 unspecified atom stereocenters. The molecule has 1 aromatic heterocycles. The number of amides is 1. The molecule has 1 aliphatic heterocycles. The number of hydrogen-bond acceptors (Lipinski definition) is 3. The summed E-state index contributed by atoms with van der Waals surface area (Å²) in [6.07, 6.45) is 0.493. The molecule has 0 saturated carbocycles. The molecule has 0 aromatic carbocycles. The zero-order chi connectivity index (χ0) is 14.2. The molecule has 2 rings (SSSR count). The third-order valence-electron chi connectivity index (χ3n) is 3.70. The van der Waals surface area contributed by atoms with Crippen LogP contribution in [0.5, 0.6) is 0 Å². The fourth-order valence-electron chi connectivity index (χ4n) is 2.43. The van der Waals surface area contributed by atoms with E-state index >= 15 is 0 Å². The number of aryl methyl sites for hydroxylation is 2. The highest BCUT2D eigenvalue weighted by atomic mass is 16.4. The van der Waals surface area contributed by atoms with Crippen molar-refractivity contribution in [2.75, 3.05) is 13.1 Å². The fourth-order valence-corrected chi connectivity index (χ4v) is 2.43. The molecule has 6 nitrogen and oxygen atoms in total. The number of carbonyl (C=O) groups excluding carboxylic acids is 1. The Morgan fingerprint density at radius 2 is 2.21 bits per heavy atom. The molecule has 104 valence electrons. The van der Waals surface area contributed by atoms with Crippen LogP contribution in [0.1, 0.15) is 36.5 Å². The van der Waals surface area contributed by atoms with Gasteiger partial charge in [-0.3, -0.25) is 14.3 Å². The van der Waals surface area contributed by atoms with Crippen molar-refractivity contribution in [2.24, 2.45) is 5.41 Å². The molecule has 0 bridgehead atoms. The minimum absolute atomic E-state index is 0.132. The molecule has 1 saturated heterocycles. The normalized spacial score (nSPS) is 22.8. The number of carbonyl (C=O) groups is 2. The second-order valence-corrected chi connectivity index (χ2v) is 5.33. The van der Waals surface area contributed by atoms with E-state index in [0.29, 0.717) is 25.2 Å². The molecule has 0 aliphatic carbocycles. The van der Waals surface area contributed by atoms with Crippen molar-refractivity contribution >= 4 is 11.9 Å². The Balaban J connectivity index is 2.20. The SMILES string of the molecule is CCn1nc(C)cc1C(=O)N1CCC(C)(C(=O)O)C1. The van der Waals surface area contributed by atoms with E-state index in [1.54, 1.807) is 22.6 Å². The Hall–Kier alpha value is -1.85. The van der Waals surface area contributed by atoms with Crippen LogP contribution in [-0.4, -0.2) is 44.8 Å². The Morgan fingerprint density at radius 1 is 1.53 bits per heavy atom.